The molecule has 0 amide bonds. The highest BCUT2D eigenvalue weighted by atomic mass is 35.5. The van der Waals surface area contributed by atoms with Crippen LogP contribution in [0.3, 0.4) is 0 Å². The average Bonchev–Trinajstić information content (AvgIpc) is 2.84. The maximum absolute atomic E-state index is 12.7. The normalized spacial score (nSPS) is 23.4. The summed E-state index contributed by atoms with van der Waals surface area (Å²) in [6.45, 7) is 2.18. The minimum Gasteiger partial charge on any atom is -0.392 e. The highest BCUT2D eigenvalue weighted by molar-refractivity contribution is 7.89. The molecule has 1 aliphatic rings. The molecule has 0 radical (unpaired) electrons. The van der Waals surface area contributed by atoms with Crippen molar-refractivity contribution >= 4 is 21.6 Å². The molecule has 0 saturated carbocycles. The van der Waals surface area contributed by atoms with Crippen molar-refractivity contribution in [3.8, 4) is 0 Å². The minimum atomic E-state index is -3.71. The quantitative estimate of drug-likeness (QED) is 0.916. The Kier molecular flexibility index (Phi) is 4.71. The maximum Gasteiger partial charge on any atom is 0.244 e. The van der Waals surface area contributed by atoms with E-state index in [1.54, 1.807) is 6.07 Å². The van der Waals surface area contributed by atoms with Gasteiger partial charge in [0.15, 0.2) is 0 Å². The molecule has 7 heteroatoms. The molecular formula is C13H18ClNO4S. The molecule has 1 aromatic carbocycles. The molecule has 0 spiro atoms. The number of benzene rings is 1. The topological polar surface area (TPSA) is 66.8 Å². The molecule has 1 N–H and O–H groups in total. The van der Waals surface area contributed by atoms with Crippen molar-refractivity contribution in [1.29, 1.82) is 0 Å². The third kappa shape index (κ3) is 2.84. The smallest absolute Gasteiger partial charge is 0.244 e. The molecule has 2 rings (SSSR count). The molecule has 0 bridgehead atoms. The number of halogens is 1. The lowest BCUT2D eigenvalue weighted by atomic mass is 10.2. The molecule has 1 fully saturated rings. The lowest BCUT2D eigenvalue weighted by molar-refractivity contribution is 0.102. The van der Waals surface area contributed by atoms with E-state index in [-0.39, 0.29) is 28.7 Å². The van der Waals surface area contributed by atoms with Crippen LogP contribution in [0.5, 0.6) is 0 Å². The van der Waals surface area contributed by atoms with E-state index in [9.17, 15) is 8.42 Å². The van der Waals surface area contributed by atoms with Crippen LogP contribution in [0.4, 0.5) is 0 Å². The molecule has 2 atom stereocenters. The standard InChI is InChI=1S/C13H18ClNO4S/c1-9-12(5-6-19-9)15(2)20(17,18)13-7-10(8-16)3-4-11(13)14/h3-4,7,9,12,16H,5-6,8H2,1-2H3. The summed E-state index contributed by atoms with van der Waals surface area (Å²) in [5, 5.41) is 9.29. The van der Waals surface area contributed by atoms with Crippen molar-refractivity contribution in [3.63, 3.8) is 0 Å². The summed E-state index contributed by atoms with van der Waals surface area (Å²) in [5.41, 5.74) is 0.511. The first kappa shape index (κ1) is 15.7. The summed E-state index contributed by atoms with van der Waals surface area (Å²) in [5.74, 6) is 0. The molecule has 1 aliphatic heterocycles. The fourth-order valence-electron chi connectivity index (χ4n) is 2.38. The Labute approximate surface area is 124 Å². The number of hydrogen-bond donors (Lipinski definition) is 1. The number of aliphatic hydroxyl groups is 1. The SMILES string of the molecule is CC1OCCC1N(C)S(=O)(=O)c1cc(CO)ccc1Cl. The first-order valence-electron chi connectivity index (χ1n) is 6.37. The highest BCUT2D eigenvalue weighted by Crippen LogP contribution is 2.29. The van der Waals surface area contributed by atoms with E-state index in [0.717, 1.165) is 0 Å². The number of likely N-dealkylation sites (N-methyl/N-ethyl adjacent to an activating group) is 1. The van der Waals surface area contributed by atoms with Crippen molar-refractivity contribution in [2.45, 2.75) is 37.0 Å². The number of nitrogens with zero attached hydrogens (tertiary/aromatic N) is 1. The molecule has 20 heavy (non-hydrogen) atoms. The van der Waals surface area contributed by atoms with E-state index in [2.05, 4.69) is 0 Å². The van der Waals surface area contributed by atoms with Crippen LogP contribution in [0.1, 0.15) is 18.9 Å². The molecule has 112 valence electrons. The summed E-state index contributed by atoms with van der Waals surface area (Å²) >= 11 is 6.01. The first-order valence-corrected chi connectivity index (χ1v) is 8.18. The molecular weight excluding hydrogens is 302 g/mol. The Balaban J connectivity index is 2.39. The van der Waals surface area contributed by atoms with Crippen LogP contribution in [0.25, 0.3) is 0 Å². The van der Waals surface area contributed by atoms with Crippen LogP contribution < -0.4 is 0 Å². The molecule has 1 saturated heterocycles. The second kappa shape index (κ2) is 5.99. The Morgan fingerprint density at radius 1 is 1.50 bits per heavy atom. The lowest BCUT2D eigenvalue weighted by Crippen LogP contribution is -2.41. The van der Waals surface area contributed by atoms with Gasteiger partial charge in [0.1, 0.15) is 4.90 Å². The van der Waals surface area contributed by atoms with E-state index in [1.807, 2.05) is 6.92 Å². The Morgan fingerprint density at radius 3 is 2.75 bits per heavy atom. The number of aliphatic hydroxyl groups excluding tert-OH is 1. The van der Waals surface area contributed by atoms with Crippen molar-refractivity contribution in [2.75, 3.05) is 13.7 Å². The molecule has 0 aromatic heterocycles. The summed E-state index contributed by atoms with van der Waals surface area (Å²) in [6, 6.07) is 4.30. The summed E-state index contributed by atoms with van der Waals surface area (Å²) in [4.78, 5) is 0.0207. The number of ether oxygens (including phenoxy) is 1. The van der Waals surface area contributed by atoms with Crippen LogP contribution in [-0.2, 0) is 21.4 Å². The van der Waals surface area contributed by atoms with Crippen LogP contribution in [0, 0.1) is 0 Å². The first-order chi connectivity index (χ1) is 9.37. The zero-order valence-corrected chi connectivity index (χ0v) is 13.0. The third-order valence-corrected chi connectivity index (χ3v) is 6.00. The van der Waals surface area contributed by atoms with E-state index in [0.29, 0.717) is 18.6 Å². The fraction of sp³-hybridized carbons (Fsp3) is 0.538. The van der Waals surface area contributed by atoms with Crippen molar-refractivity contribution in [2.24, 2.45) is 0 Å². The van der Waals surface area contributed by atoms with Gasteiger partial charge < -0.3 is 9.84 Å². The van der Waals surface area contributed by atoms with E-state index in [4.69, 9.17) is 21.4 Å². The minimum absolute atomic E-state index is 0.0207. The van der Waals surface area contributed by atoms with Crippen molar-refractivity contribution in [3.05, 3.63) is 28.8 Å². The van der Waals surface area contributed by atoms with Crippen LogP contribution in [-0.4, -0.2) is 43.6 Å². The van der Waals surface area contributed by atoms with E-state index >= 15 is 0 Å². The molecule has 0 aliphatic carbocycles. The monoisotopic (exact) mass is 319 g/mol. The van der Waals surface area contributed by atoms with Gasteiger partial charge in [0.2, 0.25) is 10.0 Å². The molecule has 1 heterocycles. The van der Waals surface area contributed by atoms with Crippen LogP contribution >= 0.6 is 11.6 Å². The van der Waals surface area contributed by atoms with Gasteiger partial charge >= 0.3 is 0 Å². The highest BCUT2D eigenvalue weighted by Gasteiger charge is 2.36. The van der Waals surface area contributed by atoms with Gasteiger partial charge in [-0.25, -0.2) is 8.42 Å². The Hall–Kier alpha value is -0.660. The van der Waals surface area contributed by atoms with Crippen LogP contribution in [0.15, 0.2) is 23.1 Å². The summed E-state index contributed by atoms with van der Waals surface area (Å²) in [6.07, 6.45) is 0.517. The predicted octanol–water partition coefficient (Wildman–Crippen LogP) is 1.63. The van der Waals surface area contributed by atoms with Gasteiger partial charge in [-0.3, -0.25) is 0 Å². The Morgan fingerprint density at radius 2 is 2.20 bits per heavy atom. The van der Waals surface area contributed by atoms with Gasteiger partial charge in [0.25, 0.3) is 0 Å². The third-order valence-electron chi connectivity index (χ3n) is 3.64. The lowest BCUT2D eigenvalue weighted by Gasteiger charge is -2.26. The molecule has 5 nitrogen and oxygen atoms in total. The van der Waals surface area contributed by atoms with Crippen LogP contribution in [0.2, 0.25) is 5.02 Å². The largest absolute Gasteiger partial charge is 0.392 e. The molecule has 2 unspecified atom stereocenters. The van der Waals surface area contributed by atoms with E-state index in [1.165, 1.54) is 23.5 Å². The Bertz CT molecular complexity index is 590. The summed E-state index contributed by atoms with van der Waals surface area (Å²) in [7, 11) is -2.17. The van der Waals surface area contributed by atoms with Crippen molar-refractivity contribution in [1.82, 2.24) is 4.31 Å². The van der Waals surface area contributed by atoms with Crippen molar-refractivity contribution < 1.29 is 18.3 Å². The van der Waals surface area contributed by atoms with Gasteiger partial charge in [-0.05, 0) is 31.0 Å². The molecule has 1 aromatic rings. The second-order valence-corrected chi connectivity index (χ2v) is 7.25. The zero-order valence-electron chi connectivity index (χ0n) is 11.4. The van der Waals surface area contributed by atoms with Gasteiger partial charge in [-0.1, -0.05) is 17.7 Å². The number of rotatable bonds is 4. The van der Waals surface area contributed by atoms with E-state index < -0.39 is 10.0 Å². The average molecular weight is 320 g/mol. The fourth-order valence-corrected chi connectivity index (χ4v) is 4.34. The number of sulfonamides is 1. The number of hydrogen-bond acceptors (Lipinski definition) is 4. The maximum atomic E-state index is 12.7. The van der Waals surface area contributed by atoms with Gasteiger partial charge in [-0.2, -0.15) is 4.31 Å². The predicted molar refractivity (Wildman–Crippen MR) is 76.1 cm³/mol. The van der Waals surface area contributed by atoms with Gasteiger partial charge in [0.05, 0.1) is 23.8 Å². The second-order valence-electron chi connectivity index (χ2n) is 4.88. The summed E-state index contributed by atoms with van der Waals surface area (Å²) < 4.78 is 32.0. The van der Waals surface area contributed by atoms with Gasteiger partial charge in [-0.15, -0.1) is 0 Å². The zero-order chi connectivity index (χ0) is 14.9. The van der Waals surface area contributed by atoms with Gasteiger partial charge in [0, 0.05) is 13.7 Å².